The fourth-order valence-corrected chi connectivity index (χ4v) is 6.68. The predicted molar refractivity (Wildman–Crippen MR) is 150 cm³/mol. The molecule has 1 aromatic carbocycles. The van der Waals surface area contributed by atoms with Crippen LogP contribution < -0.4 is 9.47 Å². The predicted octanol–water partition coefficient (Wildman–Crippen LogP) is 5.78. The molecule has 10 heteroatoms. The normalized spacial score (nSPS) is 17.8. The molecular weight excluding hydrogens is 546 g/mol. The summed E-state index contributed by atoms with van der Waals surface area (Å²) in [5.74, 6) is 0.315. The maximum absolute atomic E-state index is 13.2. The smallest absolute Gasteiger partial charge is 0.349 e. The highest BCUT2D eigenvalue weighted by Crippen LogP contribution is 2.38. The number of carbonyl (C=O) groups excluding carboxylic acids is 2. The molecule has 4 rings (SSSR count). The highest BCUT2D eigenvalue weighted by atomic mass is 35.5. The third kappa shape index (κ3) is 6.40. The van der Waals surface area contributed by atoms with Crippen molar-refractivity contribution in [3.63, 3.8) is 0 Å². The zero-order valence-corrected chi connectivity index (χ0v) is 23.8. The number of hydrogen-bond donors (Lipinski definition) is 1. The van der Waals surface area contributed by atoms with Crippen molar-refractivity contribution in [1.82, 2.24) is 4.90 Å². The highest BCUT2D eigenvalue weighted by molar-refractivity contribution is 7.12. The molecule has 0 radical (unpaired) electrons. The zero-order chi connectivity index (χ0) is 27.1. The van der Waals surface area contributed by atoms with Gasteiger partial charge in [0, 0.05) is 18.7 Å². The van der Waals surface area contributed by atoms with E-state index in [1.807, 2.05) is 22.9 Å². The average molecular weight is 578 g/mol. The van der Waals surface area contributed by atoms with Gasteiger partial charge in [-0.25, -0.2) is 4.79 Å². The third-order valence-corrected chi connectivity index (χ3v) is 9.17. The number of carbonyl (C=O) groups is 2. The van der Waals surface area contributed by atoms with Crippen LogP contribution in [0.4, 0.5) is 0 Å². The number of esters is 1. The molecule has 0 spiro atoms. The Morgan fingerprint density at radius 3 is 2.34 bits per heavy atom. The molecule has 1 aliphatic carbocycles. The number of ether oxygens (including phenoxy) is 3. The van der Waals surface area contributed by atoms with Crippen LogP contribution in [-0.2, 0) is 15.1 Å². The van der Waals surface area contributed by atoms with Crippen molar-refractivity contribution in [3.05, 3.63) is 67.5 Å². The standard InChI is InChI=1S/C28H32ClNO6S2/c1-30(12-5-13-35-24-17-23(34-2)19(18-31)16-22(24)29)20-8-10-21(11-9-20)36-27(32)28(33,25-6-3-14-37-25)26-7-4-15-38-26/h3-4,6-7,14-18,20-21,33H,5,8-13H2,1-2H3/t20-,21-. The van der Waals surface area contributed by atoms with E-state index >= 15 is 0 Å². The van der Waals surface area contributed by atoms with Crippen molar-refractivity contribution in [2.24, 2.45) is 0 Å². The fraction of sp³-hybridized carbons (Fsp3) is 0.429. The first-order chi connectivity index (χ1) is 18.4. The van der Waals surface area contributed by atoms with Gasteiger partial charge in [-0.1, -0.05) is 23.7 Å². The second kappa shape index (κ2) is 13.1. The first-order valence-electron chi connectivity index (χ1n) is 12.5. The van der Waals surface area contributed by atoms with Crippen molar-refractivity contribution in [1.29, 1.82) is 0 Å². The van der Waals surface area contributed by atoms with Crippen LogP contribution in [0.1, 0.15) is 52.2 Å². The summed E-state index contributed by atoms with van der Waals surface area (Å²) < 4.78 is 16.9. The zero-order valence-electron chi connectivity index (χ0n) is 21.4. The summed E-state index contributed by atoms with van der Waals surface area (Å²) >= 11 is 8.93. The van der Waals surface area contributed by atoms with Crippen LogP contribution in [0.15, 0.2) is 47.2 Å². The number of nitrogens with zero attached hydrogens (tertiary/aromatic N) is 1. The van der Waals surface area contributed by atoms with Crippen LogP contribution in [-0.4, -0.2) is 61.7 Å². The molecule has 38 heavy (non-hydrogen) atoms. The number of rotatable bonds is 12. The van der Waals surface area contributed by atoms with Gasteiger partial charge < -0.3 is 24.2 Å². The minimum atomic E-state index is -1.77. The summed E-state index contributed by atoms with van der Waals surface area (Å²) in [7, 11) is 3.59. The molecule has 7 nitrogen and oxygen atoms in total. The fourth-order valence-electron chi connectivity index (χ4n) is 4.74. The average Bonchev–Trinajstić information content (AvgIpc) is 3.67. The first-order valence-corrected chi connectivity index (χ1v) is 14.7. The molecule has 204 valence electrons. The van der Waals surface area contributed by atoms with E-state index in [2.05, 4.69) is 11.9 Å². The van der Waals surface area contributed by atoms with Gasteiger partial charge in [0.15, 0.2) is 6.29 Å². The third-order valence-electron chi connectivity index (χ3n) is 6.92. The topological polar surface area (TPSA) is 85.3 Å². The van der Waals surface area contributed by atoms with Gasteiger partial charge in [-0.15, -0.1) is 22.7 Å². The molecule has 3 aromatic rings. The van der Waals surface area contributed by atoms with E-state index in [0.29, 0.717) is 50.8 Å². The second-order valence-corrected chi connectivity index (χ2v) is 11.6. The monoisotopic (exact) mass is 577 g/mol. The minimum Gasteiger partial charge on any atom is -0.496 e. The van der Waals surface area contributed by atoms with Gasteiger partial charge in [0.2, 0.25) is 5.60 Å². The van der Waals surface area contributed by atoms with Crippen molar-refractivity contribution >= 4 is 46.5 Å². The highest BCUT2D eigenvalue weighted by Gasteiger charge is 2.45. The van der Waals surface area contributed by atoms with Gasteiger partial charge in [0.25, 0.3) is 0 Å². The Labute approximate surface area is 235 Å². The van der Waals surface area contributed by atoms with Crippen molar-refractivity contribution in [2.75, 3.05) is 27.3 Å². The summed E-state index contributed by atoms with van der Waals surface area (Å²) in [6.45, 7) is 1.32. The number of halogens is 1. The SMILES string of the molecule is COc1cc(OCCCN(C)[C@H]2CC[C@H](OC(=O)C(O)(c3cccs3)c3cccs3)CC2)c(Cl)cc1C=O. The number of thiophene rings is 2. The molecular formula is C28H32ClNO6S2. The van der Waals surface area contributed by atoms with E-state index in [1.54, 1.807) is 24.3 Å². The number of aliphatic hydroxyl groups is 1. The molecule has 0 aliphatic heterocycles. The maximum Gasteiger partial charge on any atom is 0.349 e. The number of hydrogen-bond acceptors (Lipinski definition) is 9. The lowest BCUT2D eigenvalue weighted by molar-refractivity contribution is -0.169. The summed E-state index contributed by atoms with van der Waals surface area (Å²) in [4.78, 5) is 27.8. The van der Waals surface area contributed by atoms with Crippen LogP contribution >= 0.6 is 34.3 Å². The lowest BCUT2D eigenvalue weighted by atomic mass is 9.91. The molecule has 0 saturated heterocycles. The van der Waals surface area contributed by atoms with Crippen molar-refractivity contribution < 1.29 is 28.9 Å². The van der Waals surface area contributed by atoms with Gasteiger partial charge >= 0.3 is 5.97 Å². The molecule has 2 heterocycles. The Balaban J connectivity index is 1.23. The molecule has 0 unspecified atom stereocenters. The number of aldehydes is 1. The molecule has 1 aliphatic rings. The Hall–Kier alpha value is -2.43. The van der Waals surface area contributed by atoms with Crippen LogP contribution in [0.5, 0.6) is 11.5 Å². The van der Waals surface area contributed by atoms with E-state index in [1.165, 1.54) is 29.8 Å². The van der Waals surface area contributed by atoms with E-state index in [0.717, 1.165) is 38.6 Å². The molecule has 0 atom stereocenters. The lowest BCUT2D eigenvalue weighted by Crippen LogP contribution is -2.42. The molecule has 1 N–H and O–H groups in total. The maximum atomic E-state index is 13.2. The van der Waals surface area contributed by atoms with E-state index in [9.17, 15) is 14.7 Å². The first kappa shape index (κ1) is 28.6. The van der Waals surface area contributed by atoms with E-state index < -0.39 is 11.6 Å². The summed E-state index contributed by atoms with van der Waals surface area (Å²) in [6, 6.07) is 10.8. The minimum absolute atomic E-state index is 0.214. The van der Waals surface area contributed by atoms with Crippen molar-refractivity contribution in [2.45, 2.75) is 49.9 Å². The van der Waals surface area contributed by atoms with Gasteiger partial charge in [0.1, 0.15) is 17.6 Å². The van der Waals surface area contributed by atoms with Crippen LogP contribution in [0.2, 0.25) is 5.02 Å². The van der Waals surface area contributed by atoms with Crippen LogP contribution in [0, 0.1) is 0 Å². The van der Waals surface area contributed by atoms with Crippen LogP contribution in [0.3, 0.4) is 0 Å². The summed E-state index contributed by atoms with van der Waals surface area (Å²) in [5.41, 5.74) is -1.38. The number of benzene rings is 1. The largest absolute Gasteiger partial charge is 0.496 e. The molecule has 0 amide bonds. The van der Waals surface area contributed by atoms with Gasteiger partial charge in [-0.05, 0) is 68.1 Å². The van der Waals surface area contributed by atoms with Gasteiger partial charge in [-0.2, -0.15) is 0 Å². The molecule has 1 saturated carbocycles. The Bertz CT molecular complexity index is 1160. The van der Waals surface area contributed by atoms with E-state index in [4.69, 9.17) is 25.8 Å². The van der Waals surface area contributed by atoms with Crippen LogP contribution in [0.25, 0.3) is 0 Å². The van der Waals surface area contributed by atoms with E-state index in [-0.39, 0.29) is 6.10 Å². The molecule has 2 aromatic heterocycles. The molecule has 0 bridgehead atoms. The second-order valence-electron chi connectivity index (χ2n) is 9.33. The van der Waals surface area contributed by atoms with Gasteiger partial charge in [0.05, 0.1) is 34.1 Å². The Kier molecular flexibility index (Phi) is 9.84. The van der Waals surface area contributed by atoms with Crippen molar-refractivity contribution in [3.8, 4) is 11.5 Å². The quantitative estimate of drug-likeness (QED) is 0.166. The molecule has 1 fully saturated rings. The van der Waals surface area contributed by atoms with Gasteiger partial charge in [-0.3, -0.25) is 4.79 Å². The summed E-state index contributed by atoms with van der Waals surface area (Å²) in [6.07, 6.45) is 4.60. The Morgan fingerprint density at radius 1 is 1.13 bits per heavy atom. The Morgan fingerprint density at radius 2 is 1.79 bits per heavy atom. The lowest BCUT2D eigenvalue weighted by Gasteiger charge is -2.35. The number of methoxy groups -OCH3 is 1. The summed E-state index contributed by atoms with van der Waals surface area (Å²) in [5, 5.41) is 15.5.